The first-order valence-corrected chi connectivity index (χ1v) is 5.38. The highest BCUT2D eigenvalue weighted by Gasteiger charge is 2.16. The summed E-state index contributed by atoms with van der Waals surface area (Å²) in [6.45, 7) is 1.73. The maximum Gasteiger partial charge on any atom is 0.239 e. The predicted molar refractivity (Wildman–Crippen MR) is 56.5 cm³/mol. The fraction of sp³-hybridized carbons (Fsp3) is 0.900. The molecule has 0 aliphatic carbocycles. The SMILES string of the molecule is COCC(N)C(=O)NCCC1CCCO1. The Bertz CT molecular complexity index is 193. The largest absolute Gasteiger partial charge is 0.383 e. The van der Waals surface area contributed by atoms with Gasteiger partial charge < -0.3 is 20.5 Å². The second-order valence-electron chi connectivity index (χ2n) is 3.78. The number of ether oxygens (including phenoxy) is 2. The molecule has 5 heteroatoms. The van der Waals surface area contributed by atoms with Crippen LogP contribution in [0.2, 0.25) is 0 Å². The molecular formula is C10H20N2O3. The number of rotatable bonds is 6. The van der Waals surface area contributed by atoms with Crippen molar-refractivity contribution >= 4 is 5.91 Å². The first kappa shape index (κ1) is 12.4. The third kappa shape index (κ3) is 4.59. The summed E-state index contributed by atoms with van der Waals surface area (Å²) in [5.74, 6) is -0.158. The van der Waals surface area contributed by atoms with E-state index in [9.17, 15) is 4.79 Å². The topological polar surface area (TPSA) is 73.6 Å². The molecule has 0 spiro atoms. The maximum atomic E-state index is 11.3. The summed E-state index contributed by atoms with van der Waals surface area (Å²) >= 11 is 0. The molecule has 0 aromatic heterocycles. The van der Waals surface area contributed by atoms with E-state index < -0.39 is 6.04 Å². The minimum Gasteiger partial charge on any atom is -0.383 e. The molecule has 0 radical (unpaired) electrons. The van der Waals surface area contributed by atoms with Gasteiger partial charge in [0.05, 0.1) is 12.7 Å². The molecule has 5 nitrogen and oxygen atoms in total. The van der Waals surface area contributed by atoms with Crippen LogP contribution in [0.15, 0.2) is 0 Å². The molecule has 0 aromatic carbocycles. The van der Waals surface area contributed by atoms with Crippen LogP contribution >= 0.6 is 0 Å². The van der Waals surface area contributed by atoms with Crippen molar-refractivity contribution in [2.45, 2.75) is 31.4 Å². The Labute approximate surface area is 90.3 Å². The van der Waals surface area contributed by atoms with Gasteiger partial charge >= 0.3 is 0 Å². The van der Waals surface area contributed by atoms with Crippen molar-refractivity contribution in [3.8, 4) is 0 Å². The fourth-order valence-corrected chi connectivity index (χ4v) is 1.61. The van der Waals surface area contributed by atoms with Crippen LogP contribution in [-0.4, -0.2) is 44.9 Å². The average molecular weight is 216 g/mol. The number of hydrogen-bond donors (Lipinski definition) is 2. The Morgan fingerprint density at radius 2 is 2.53 bits per heavy atom. The third-order valence-corrected chi connectivity index (χ3v) is 2.47. The van der Waals surface area contributed by atoms with E-state index >= 15 is 0 Å². The highest BCUT2D eigenvalue weighted by atomic mass is 16.5. The molecule has 1 amide bonds. The molecule has 15 heavy (non-hydrogen) atoms. The lowest BCUT2D eigenvalue weighted by molar-refractivity contribution is -0.123. The van der Waals surface area contributed by atoms with Crippen LogP contribution in [0.3, 0.4) is 0 Å². The number of methoxy groups -OCH3 is 1. The number of hydrogen-bond acceptors (Lipinski definition) is 4. The van der Waals surface area contributed by atoms with Crippen molar-refractivity contribution in [2.75, 3.05) is 26.9 Å². The van der Waals surface area contributed by atoms with Gasteiger partial charge in [-0.25, -0.2) is 0 Å². The van der Waals surface area contributed by atoms with Crippen molar-refractivity contribution in [3.63, 3.8) is 0 Å². The van der Waals surface area contributed by atoms with E-state index in [1.807, 2.05) is 0 Å². The van der Waals surface area contributed by atoms with E-state index in [1.54, 1.807) is 0 Å². The van der Waals surface area contributed by atoms with Crippen LogP contribution in [-0.2, 0) is 14.3 Å². The quantitative estimate of drug-likeness (QED) is 0.636. The highest BCUT2D eigenvalue weighted by molar-refractivity contribution is 5.81. The Hall–Kier alpha value is -0.650. The monoisotopic (exact) mass is 216 g/mol. The molecule has 1 aliphatic rings. The van der Waals surface area contributed by atoms with Crippen molar-refractivity contribution in [3.05, 3.63) is 0 Å². The smallest absolute Gasteiger partial charge is 0.239 e. The third-order valence-electron chi connectivity index (χ3n) is 2.47. The minimum absolute atomic E-state index is 0.158. The van der Waals surface area contributed by atoms with Crippen LogP contribution in [0, 0.1) is 0 Å². The van der Waals surface area contributed by atoms with Crippen LogP contribution in [0.5, 0.6) is 0 Å². The lowest BCUT2D eigenvalue weighted by Gasteiger charge is -2.13. The average Bonchev–Trinajstić information content (AvgIpc) is 2.71. The van der Waals surface area contributed by atoms with Gasteiger partial charge in [0.25, 0.3) is 0 Å². The van der Waals surface area contributed by atoms with Crippen molar-refractivity contribution in [1.29, 1.82) is 0 Å². The van der Waals surface area contributed by atoms with E-state index in [-0.39, 0.29) is 12.5 Å². The molecule has 0 aromatic rings. The number of carbonyl (C=O) groups excluding carboxylic acids is 1. The summed E-state index contributed by atoms with van der Waals surface area (Å²) in [7, 11) is 1.53. The fourth-order valence-electron chi connectivity index (χ4n) is 1.61. The zero-order valence-corrected chi connectivity index (χ0v) is 9.20. The first-order chi connectivity index (χ1) is 7.24. The molecule has 1 aliphatic heterocycles. The summed E-state index contributed by atoms with van der Waals surface area (Å²) < 4.78 is 10.2. The molecule has 1 rings (SSSR count). The number of nitrogens with two attached hydrogens (primary N) is 1. The van der Waals surface area contributed by atoms with E-state index in [0.717, 1.165) is 25.9 Å². The molecule has 88 valence electrons. The summed E-state index contributed by atoms with van der Waals surface area (Å²) in [4.78, 5) is 11.3. The Morgan fingerprint density at radius 3 is 3.13 bits per heavy atom. The van der Waals surface area contributed by atoms with Gasteiger partial charge in [0.1, 0.15) is 6.04 Å². The molecule has 1 heterocycles. The molecule has 2 atom stereocenters. The summed E-state index contributed by atoms with van der Waals surface area (Å²) in [6, 6.07) is -0.570. The van der Waals surface area contributed by atoms with E-state index in [1.165, 1.54) is 7.11 Å². The van der Waals surface area contributed by atoms with Gasteiger partial charge in [-0.3, -0.25) is 4.79 Å². The van der Waals surface area contributed by atoms with E-state index in [2.05, 4.69) is 5.32 Å². The van der Waals surface area contributed by atoms with Crippen LogP contribution in [0.4, 0.5) is 0 Å². The molecule has 0 bridgehead atoms. The second kappa shape index (κ2) is 6.76. The van der Waals surface area contributed by atoms with Crippen molar-refractivity contribution < 1.29 is 14.3 Å². The van der Waals surface area contributed by atoms with Crippen molar-refractivity contribution in [2.24, 2.45) is 5.73 Å². The van der Waals surface area contributed by atoms with Gasteiger partial charge in [0, 0.05) is 20.3 Å². The van der Waals surface area contributed by atoms with Crippen LogP contribution in [0.1, 0.15) is 19.3 Å². The lowest BCUT2D eigenvalue weighted by atomic mass is 10.2. The number of amides is 1. The van der Waals surface area contributed by atoms with Crippen molar-refractivity contribution in [1.82, 2.24) is 5.32 Å². The molecule has 1 saturated heterocycles. The number of carbonyl (C=O) groups is 1. The highest BCUT2D eigenvalue weighted by Crippen LogP contribution is 2.14. The Balaban J connectivity index is 2.05. The van der Waals surface area contributed by atoms with Crippen LogP contribution < -0.4 is 11.1 Å². The molecule has 3 N–H and O–H groups in total. The van der Waals surface area contributed by atoms with Gasteiger partial charge in [-0.2, -0.15) is 0 Å². The van der Waals surface area contributed by atoms with Gasteiger partial charge in [-0.15, -0.1) is 0 Å². The number of nitrogens with one attached hydrogen (secondary N) is 1. The molecular weight excluding hydrogens is 196 g/mol. The van der Waals surface area contributed by atoms with Gasteiger partial charge in [0.15, 0.2) is 0 Å². The first-order valence-electron chi connectivity index (χ1n) is 5.38. The van der Waals surface area contributed by atoms with E-state index in [4.69, 9.17) is 15.2 Å². The van der Waals surface area contributed by atoms with Gasteiger partial charge in [-0.1, -0.05) is 0 Å². The summed E-state index contributed by atoms with van der Waals surface area (Å²) in [5, 5.41) is 2.77. The lowest BCUT2D eigenvalue weighted by Crippen LogP contribution is -2.44. The molecule has 2 unspecified atom stereocenters. The maximum absolute atomic E-state index is 11.3. The standard InChI is InChI=1S/C10H20N2O3/c1-14-7-9(11)10(13)12-5-4-8-3-2-6-15-8/h8-9H,2-7,11H2,1H3,(H,12,13). The zero-order chi connectivity index (χ0) is 11.1. The normalized spacial score (nSPS) is 22.7. The summed E-state index contributed by atoms with van der Waals surface area (Å²) in [6.07, 6.45) is 3.40. The van der Waals surface area contributed by atoms with E-state index in [0.29, 0.717) is 12.6 Å². The second-order valence-corrected chi connectivity index (χ2v) is 3.78. The predicted octanol–water partition coefficient (Wildman–Crippen LogP) is -0.355. The van der Waals surface area contributed by atoms with Gasteiger partial charge in [0.2, 0.25) is 5.91 Å². The minimum atomic E-state index is -0.570. The zero-order valence-electron chi connectivity index (χ0n) is 9.20. The molecule has 0 saturated carbocycles. The molecule has 1 fully saturated rings. The Morgan fingerprint density at radius 1 is 1.73 bits per heavy atom. The Kier molecular flexibility index (Phi) is 5.60. The summed E-state index contributed by atoms with van der Waals surface area (Å²) in [5.41, 5.74) is 5.55. The van der Waals surface area contributed by atoms with Crippen LogP contribution in [0.25, 0.3) is 0 Å². The van der Waals surface area contributed by atoms with Gasteiger partial charge in [-0.05, 0) is 19.3 Å².